The van der Waals surface area contributed by atoms with E-state index in [1.165, 1.54) is 11.3 Å². The molecule has 0 aromatic heterocycles. The van der Waals surface area contributed by atoms with E-state index in [1.54, 1.807) is 43.3 Å². The van der Waals surface area contributed by atoms with Crippen LogP contribution in [0.5, 0.6) is 0 Å². The molecule has 2 aromatic rings. The Hall–Kier alpha value is -2.58. The Morgan fingerprint density at radius 2 is 1.77 bits per heavy atom. The van der Waals surface area contributed by atoms with Gasteiger partial charge in [-0.2, -0.15) is 0 Å². The van der Waals surface area contributed by atoms with Crippen molar-refractivity contribution in [2.45, 2.75) is 64.6 Å². The first-order chi connectivity index (χ1) is 16.6. The quantitative estimate of drug-likeness (QED) is 0.535. The topological polar surface area (TPSA) is 86.8 Å². The highest BCUT2D eigenvalue weighted by Crippen LogP contribution is 2.23. The molecule has 1 aliphatic carbocycles. The van der Waals surface area contributed by atoms with Crippen molar-refractivity contribution in [1.29, 1.82) is 0 Å². The third-order valence-corrected chi connectivity index (χ3v) is 7.90. The third kappa shape index (κ3) is 7.45. The van der Waals surface area contributed by atoms with Gasteiger partial charge < -0.3 is 10.2 Å². The first-order valence-corrected chi connectivity index (χ1v) is 14.2. The number of carbonyl (C=O) groups is 2. The zero-order valence-corrected chi connectivity index (χ0v) is 22.1. The molecule has 1 atom stereocenters. The molecule has 0 radical (unpaired) electrons. The van der Waals surface area contributed by atoms with Gasteiger partial charge in [-0.3, -0.25) is 13.9 Å². The number of nitrogens with one attached hydrogen (secondary N) is 1. The van der Waals surface area contributed by atoms with Crippen LogP contribution in [-0.4, -0.2) is 50.0 Å². The molecule has 1 N–H and O–H groups in total. The fourth-order valence-corrected chi connectivity index (χ4v) is 5.40. The summed E-state index contributed by atoms with van der Waals surface area (Å²) in [6.07, 6.45) is 6.22. The van der Waals surface area contributed by atoms with Crippen LogP contribution in [0, 0.1) is 6.92 Å². The molecule has 2 amide bonds. The zero-order valence-electron chi connectivity index (χ0n) is 20.5. The van der Waals surface area contributed by atoms with Crippen LogP contribution < -0.4 is 9.62 Å². The van der Waals surface area contributed by atoms with Crippen LogP contribution in [0.25, 0.3) is 0 Å². The summed E-state index contributed by atoms with van der Waals surface area (Å²) in [5.74, 6) is -0.734. The Morgan fingerprint density at radius 1 is 1.09 bits per heavy atom. The molecule has 2 aromatic carbocycles. The Labute approximate surface area is 213 Å². The van der Waals surface area contributed by atoms with Crippen LogP contribution in [-0.2, 0) is 26.2 Å². The monoisotopic (exact) mass is 519 g/mol. The van der Waals surface area contributed by atoms with Gasteiger partial charge in [0.1, 0.15) is 12.6 Å². The van der Waals surface area contributed by atoms with Crippen molar-refractivity contribution >= 4 is 39.1 Å². The Morgan fingerprint density at radius 3 is 2.40 bits per heavy atom. The summed E-state index contributed by atoms with van der Waals surface area (Å²) in [7, 11) is -3.75. The third-order valence-electron chi connectivity index (χ3n) is 6.39. The molecule has 0 aliphatic heterocycles. The average Bonchev–Trinajstić information content (AvgIpc) is 2.81. The number of benzene rings is 2. The first-order valence-electron chi connectivity index (χ1n) is 11.9. The van der Waals surface area contributed by atoms with Gasteiger partial charge in [0.15, 0.2) is 0 Å². The summed E-state index contributed by atoms with van der Waals surface area (Å²) in [5, 5.41) is 3.56. The molecule has 3 rings (SSSR count). The lowest BCUT2D eigenvalue weighted by Crippen LogP contribution is -2.53. The summed E-state index contributed by atoms with van der Waals surface area (Å²) in [4.78, 5) is 28.2. The van der Waals surface area contributed by atoms with Crippen molar-refractivity contribution < 1.29 is 18.0 Å². The number of anilines is 1. The molecule has 9 heteroatoms. The maximum atomic E-state index is 13.6. The number of rotatable bonds is 9. The number of sulfonamides is 1. The van der Waals surface area contributed by atoms with E-state index in [4.69, 9.17) is 11.6 Å². The standard InChI is InChI=1S/C26H34ClN3O4S/c1-19-10-9-14-23(16-19)30(35(3,33)34)18-25(31)29(17-21-11-7-8-15-24(21)27)20(2)26(32)28-22-12-5-4-6-13-22/h7-11,14-16,20,22H,4-6,12-13,17-18H2,1-3H3,(H,28,32)/t20-/m0/s1. The number of amides is 2. The molecule has 0 spiro atoms. The number of aryl methyl sites for hydroxylation is 1. The maximum Gasteiger partial charge on any atom is 0.244 e. The van der Waals surface area contributed by atoms with Gasteiger partial charge in [0, 0.05) is 17.6 Å². The first kappa shape index (κ1) is 27.0. The molecule has 0 saturated heterocycles. The molecule has 0 heterocycles. The van der Waals surface area contributed by atoms with Crippen molar-refractivity contribution in [3.8, 4) is 0 Å². The SMILES string of the molecule is Cc1cccc(N(CC(=O)N(Cc2ccccc2Cl)[C@@H](C)C(=O)NC2CCCCC2)S(C)(=O)=O)c1. The lowest BCUT2D eigenvalue weighted by atomic mass is 9.95. The molecular weight excluding hydrogens is 486 g/mol. The number of hydrogen-bond acceptors (Lipinski definition) is 4. The van der Waals surface area contributed by atoms with Gasteiger partial charge in [-0.1, -0.05) is 61.2 Å². The predicted octanol–water partition coefficient (Wildman–Crippen LogP) is 4.28. The smallest absolute Gasteiger partial charge is 0.244 e. The lowest BCUT2D eigenvalue weighted by molar-refractivity contribution is -0.139. The van der Waals surface area contributed by atoms with Gasteiger partial charge >= 0.3 is 0 Å². The van der Waals surface area contributed by atoms with E-state index in [1.807, 2.05) is 19.1 Å². The van der Waals surface area contributed by atoms with E-state index >= 15 is 0 Å². The minimum absolute atomic E-state index is 0.0865. The summed E-state index contributed by atoms with van der Waals surface area (Å²) < 4.78 is 26.3. The fourth-order valence-electron chi connectivity index (χ4n) is 4.36. The molecule has 0 bridgehead atoms. The van der Waals surface area contributed by atoms with Crippen LogP contribution in [0.3, 0.4) is 0 Å². The molecule has 0 unspecified atom stereocenters. The fraction of sp³-hybridized carbons (Fsp3) is 0.462. The van der Waals surface area contributed by atoms with Gasteiger partial charge in [0.25, 0.3) is 0 Å². The van der Waals surface area contributed by atoms with Gasteiger partial charge in [-0.05, 0) is 56.0 Å². The van der Waals surface area contributed by atoms with E-state index in [0.29, 0.717) is 16.3 Å². The number of carbonyl (C=O) groups excluding carboxylic acids is 2. The van der Waals surface area contributed by atoms with Gasteiger partial charge in [0.05, 0.1) is 11.9 Å². The normalized spacial score (nSPS) is 15.3. The minimum atomic E-state index is -3.75. The minimum Gasteiger partial charge on any atom is -0.352 e. The van der Waals surface area contributed by atoms with Crippen molar-refractivity contribution in [2.75, 3.05) is 17.1 Å². The highest BCUT2D eigenvalue weighted by Gasteiger charge is 2.31. The van der Waals surface area contributed by atoms with Crippen LogP contribution in [0.1, 0.15) is 50.2 Å². The molecular formula is C26H34ClN3O4S. The molecule has 1 aliphatic rings. The van der Waals surface area contributed by atoms with Crippen molar-refractivity contribution in [2.24, 2.45) is 0 Å². The van der Waals surface area contributed by atoms with Crippen LogP contribution in [0.15, 0.2) is 48.5 Å². The molecule has 7 nitrogen and oxygen atoms in total. The zero-order chi connectivity index (χ0) is 25.6. The largest absolute Gasteiger partial charge is 0.352 e. The van der Waals surface area contributed by atoms with E-state index in [2.05, 4.69) is 5.32 Å². The molecule has 1 saturated carbocycles. The summed E-state index contributed by atoms with van der Waals surface area (Å²) in [6, 6.07) is 13.4. The second-order valence-corrected chi connectivity index (χ2v) is 11.6. The number of nitrogens with zero attached hydrogens (tertiary/aromatic N) is 2. The van der Waals surface area contributed by atoms with Gasteiger partial charge in [0.2, 0.25) is 21.8 Å². The number of halogens is 1. The molecule has 190 valence electrons. The van der Waals surface area contributed by atoms with Crippen molar-refractivity contribution in [3.63, 3.8) is 0 Å². The number of hydrogen-bond donors (Lipinski definition) is 1. The van der Waals surface area contributed by atoms with E-state index in [9.17, 15) is 18.0 Å². The summed E-state index contributed by atoms with van der Waals surface area (Å²) >= 11 is 6.36. The average molecular weight is 520 g/mol. The van der Waals surface area contributed by atoms with Crippen LogP contribution >= 0.6 is 11.6 Å². The predicted molar refractivity (Wildman–Crippen MR) is 140 cm³/mol. The Kier molecular flexibility index (Phi) is 9.19. The lowest BCUT2D eigenvalue weighted by Gasteiger charge is -2.33. The molecule has 35 heavy (non-hydrogen) atoms. The summed E-state index contributed by atoms with van der Waals surface area (Å²) in [6.45, 7) is 3.19. The summed E-state index contributed by atoms with van der Waals surface area (Å²) in [5.41, 5.74) is 1.95. The highest BCUT2D eigenvalue weighted by atomic mass is 35.5. The Balaban J connectivity index is 1.88. The second kappa shape index (κ2) is 11.9. The van der Waals surface area contributed by atoms with E-state index in [0.717, 1.165) is 41.8 Å². The highest BCUT2D eigenvalue weighted by molar-refractivity contribution is 7.92. The van der Waals surface area contributed by atoms with Crippen LogP contribution in [0.4, 0.5) is 5.69 Å². The van der Waals surface area contributed by atoms with Gasteiger partial charge in [-0.15, -0.1) is 0 Å². The second-order valence-electron chi connectivity index (χ2n) is 9.24. The van der Waals surface area contributed by atoms with Gasteiger partial charge in [-0.25, -0.2) is 8.42 Å². The van der Waals surface area contributed by atoms with E-state index in [-0.39, 0.29) is 18.5 Å². The maximum absolute atomic E-state index is 13.6. The van der Waals surface area contributed by atoms with E-state index < -0.39 is 28.5 Å². The molecule has 1 fully saturated rings. The van der Waals surface area contributed by atoms with Crippen LogP contribution in [0.2, 0.25) is 5.02 Å². The van der Waals surface area contributed by atoms with Crippen molar-refractivity contribution in [1.82, 2.24) is 10.2 Å². The Bertz CT molecular complexity index is 1150. The van der Waals surface area contributed by atoms with Crippen molar-refractivity contribution in [3.05, 3.63) is 64.7 Å².